The smallest absolute Gasteiger partial charge is 0.305 e. The number of aromatic nitrogens is 1. The van der Waals surface area contributed by atoms with E-state index >= 15 is 0 Å². The second-order valence-electron chi connectivity index (χ2n) is 9.64. The first-order valence-corrected chi connectivity index (χ1v) is 14.6. The maximum Gasteiger partial charge on any atom is 0.305 e. The number of nitro benzene ring substituents is 1. The van der Waals surface area contributed by atoms with E-state index in [2.05, 4.69) is 10.3 Å². The van der Waals surface area contributed by atoms with Gasteiger partial charge in [0.1, 0.15) is 16.7 Å². The van der Waals surface area contributed by atoms with Crippen molar-refractivity contribution in [3.8, 4) is 11.5 Å². The molecule has 2 N–H and O–H groups in total. The molecule has 0 aliphatic carbocycles. The van der Waals surface area contributed by atoms with Crippen molar-refractivity contribution in [2.45, 2.75) is 16.2 Å². The molecule has 3 amide bonds. The lowest BCUT2D eigenvalue weighted by atomic mass is 9.82. The molecule has 2 aliphatic heterocycles. The highest BCUT2D eigenvalue weighted by atomic mass is 32.2. The molecule has 3 atom stereocenters. The molecule has 3 heterocycles. The van der Waals surface area contributed by atoms with Gasteiger partial charge in [0.15, 0.2) is 6.61 Å². The van der Waals surface area contributed by atoms with Crippen LogP contribution in [0.1, 0.15) is 16.4 Å². The number of imide groups is 1. The number of nitrogens with one attached hydrogen (secondary N) is 2. The topological polar surface area (TPSA) is 161 Å². The van der Waals surface area contributed by atoms with E-state index in [0.717, 1.165) is 28.0 Å². The summed E-state index contributed by atoms with van der Waals surface area (Å²) in [5, 5.41) is 13.5. The van der Waals surface area contributed by atoms with E-state index in [1.807, 2.05) is 0 Å². The molecule has 1 aromatic heterocycles. The SMILES string of the molecule is COc1ccc(NC(=O)COc2ccccc2[C@@H]2c3sc(=O)[nH]c3S[C@H]3C(=O)N(c4ccc([N+](=O)[O-])cc4)C(=O)[C@@H]23)cc1. The number of para-hydroxylation sites is 1. The number of H-pyrrole nitrogens is 1. The number of aromatic amines is 1. The highest BCUT2D eigenvalue weighted by Gasteiger charge is 2.56. The van der Waals surface area contributed by atoms with Crippen LogP contribution in [0, 0.1) is 16.0 Å². The van der Waals surface area contributed by atoms with Crippen molar-refractivity contribution in [1.82, 2.24) is 4.98 Å². The van der Waals surface area contributed by atoms with Crippen LogP contribution in [-0.2, 0) is 14.4 Å². The lowest BCUT2D eigenvalue weighted by Crippen LogP contribution is -2.32. The number of anilines is 2. The Morgan fingerprint density at radius 1 is 1.02 bits per heavy atom. The van der Waals surface area contributed by atoms with Gasteiger partial charge in [-0.2, -0.15) is 0 Å². The number of thioether (sulfide) groups is 1. The molecular weight excluding hydrogens is 596 g/mol. The Balaban J connectivity index is 1.31. The van der Waals surface area contributed by atoms with E-state index < -0.39 is 39.7 Å². The normalized spacial score (nSPS) is 19.0. The highest BCUT2D eigenvalue weighted by Crippen LogP contribution is 2.54. The van der Waals surface area contributed by atoms with Crippen molar-refractivity contribution < 1.29 is 28.8 Å². The van der Waals surface area contributed by atoms with Crippen LogP contribution in [0.5, 0.6) is 11.5 Å². The number of ether oxygens (including phenoxy) is 2. The second kappa shape index (κ2) is 11.4. The van der Waals surface area contributed by atoms with Gasteiger partial charge in [-0.1, -0.05) is 41.3 Å². The zero-order valence-corrected chi connectivity index (χ0v) is 24.0. The maximum atomic E-state index is 14.0. The number of amides is 3. The average Bonchev–Trinajstić information content (AvgIpc) is 3.50. The third-order valence-electron chi connectivity index (χ3n) is 7.13. The average molecular weight is 619 g/mol. The fraction of sp³-hybridized carbons (Fsp3) is 0.172. The number of nitrogens with zero attached hydrogens (tertiary/aromatic N) is 2. The molecule has 218 valence electrons. The van der Waals surface area contributed by atoms with Crippen LogP contribution in [0.25, 0.3) is 0 Å². The minimum Gasteiger partial charge on any atom is -0.497 e. The summed E-state index contributed by atoms with van der Waals surface area (Å²) in [6, 6.07) is 18.9. The highest BCUT2D eigenvalue weighted by molar-refractivity contribution is 8.00. The maximum absolute atomic E-state index is 14.0. The summed E-state index contributed by atoms with van der Waals surface area (Å²) >= 11 is 2.07. The second-order valence-corrected chi connectivity index (χ2v) is 11.8. The molecule has 14 heteroatoms. The minimum atomic E-state index is -0.899. The summed E-state index contributed by atoms with van der Waals surface area (Å²) < 4.78 is 11.1. The lowest BCUT2D eigenvalue weighted by molar-refractivity contribution is -0.384. The number of thiazole rings is 1. The predicted molar refractivity (Wildman–Crippen MR) is 159 cm³/mol. The molecule has 12 nitrogen and oxygen atoms in total. The van der Waals surface area contributed by atoms with Gasteiger partial charge in [-0.15, -0.1) is 0 Å². The van der Waals surface area contributed by atoms with Gasteiger partial charge in [-0.25, -0.2) is 4.90 Å². The third-order valence-corrected chi connectivity index (χ3v) is 9.53. The standard InChI is InChI=1S/C29H22N4O8S2/c1-40-18-12-6-15(7-13-18)30-21(34)14-41-20-5-3-2-4-19(20)22-23-25(42-26-24(22)43-29(37)31-26)28(36)32(27(23)35)16-8-10-17(11-9-16)33(38)39/h2-13,22-23,25H,14H2,1H3,(H,30,34)(H,31,37)/t22-,23-,25+/m0/s1. The van der Waals surface area contributed by atoms with E-state index in [0.29, 0.717) is 32.7 Å². The predicted octanol–water partition coefficient (Wildman–Crippen LogP) is 4.17. The van der Waals surface area contributed by atoms with Gasteiger partial charge < -0.3 is 19.8 Å². The van der Waals surface area contributed by atoms with Gasteiger partial charge in [0.05, 0.1) is 28.7 Å². The Labute approximate surface area is 251 Å². The van der Waals surface area contributed by atoms with Crippen LogP contribution in [0.3, 0.4) is 0 Å². The molecule has 0 spiro atoms. The molecule has 6 rings (SSSR count). The van der Waals surface area contributed by atoms with Gasteiger partial charge in [-0.3, -0.25) is 29.3 Å². The third kappa shape index (κ3) is 5.26. The molecule has 1 saturated heterocycles. The Kier molecular flexibility index (Phi) is 7.46. The van der Waals surface area contributed by atoms with E-state index in [1.54, 1.807) is 55.6 Å². The molecule has 3 aromatic carbocycles. The number of benzene rings is 3. The molecule has 1 fully saturated rings. The minimum absolute atomic E-state index is 0.172. The molecule has 0 bridgehead atoms. The van der Waals surface area contributed by atoms with Gasteiger partial charge in [0, 0.05) is 34.2 Å². The van der Waals surface area contributed by atoms with Crippen molar-refractivity contribution in [2.75, 3.05) is 23.9 Å². The Hall–Kier alpha value is -4.95. The number of hydrogen-bond donors (Lipinski definition) is 2. The van der Waals surface area contributed by atoms with Gasteiger partial charge in [0.25, 0.3) is 11.6 Å². The number of nitro groups is 1. The number of non-ortho nitro benzene ring substituents is 1. The first-order chi connectivity index (χ1) is 20.7. The van der Waals surface area contributed by atoms with Crippen molar-refractivity contribution in [3.63, 3.8) is 0 Å². The summed E-state index contributed by atoms with van der Waals surface area (Å²) in [7, 11) is 1.55. The quantitative estimate of drug-likeness (QED) is 0.168. The Morgan fingerprint density at radius 3 is 2.44 bits per heavy atom. The fourth-order valence-corrected chi connectivity index (χ4v) is 7.72. The van der Waals surface area contributed by atoms with E-state index in [-0.39, 0.29) is 22.9 Å². The number of methoxy groups -OCH3 is 1. The molecular formula is C29H22N4O8S2. The first-order valence-electron chi connectivity index (χ1n) is 12.9. The summed E-state index contributed by atoms with van der Waals surface area (Å²) in [4.78, 5) is 67.4. The Morgan fingerprint density at radius 2 is 1.74 bits per heavy atom. The van der Waals surface area contributed by atoms with Gasteiger partial charge in [-0.05, 0) is 42.5 Å². The van der Waals surface area contributed by atoms with Crippen molar-refractivity contribution >= 4 is 57.9 Å². The van der Waals surface area contributed by atoms with E-state index in [4.69, 9.17) is 9.47 Å². The van der Waals surface area contributed by atoms with Crippen molar-refractivity contribution in [3.05, 3.63) is 103 Å². The zero-order chi connectivity index (χ0) is 30.2. The summed E-state index contributed by atoms with van der Waals surface area (Å²) in [6.07, 6.45) is 0. The monoisotopic (exact) mass is 618 g/mol. The zero-order valence-electron chi connectivity index (χ0n) is 22.3. The molecule has 43 heavy (non-hydrogen) atoms. The lowest BCUT2D eigenvalue weighted by Gasteiger charge is -2.30. The molecule has 0 saturated carbocycles. The number of rotatable bonds is 8. The fourth-order valence-electron chi connectivity index (χ4n) is 5.21. The van der Waals surface area contributed by atoms with Crippen LogP contribution >= 0.6 is 23.1 Å². The van der Waals surface area contributed by atoms with Crippen LogP contribution in [0.15, 0.2) is 82.6 Å². The number of fused-ring (bicyclic) bond motifs is 2. The summed E-state index contributed by atoms with van der Waals surface area (Å²) in [6.45, 7) is -0.337. The molecule has 0 radical (unpaired) electrons. The molecule has 2 aliphatic rings. The molecule has 4 aromatic rings. The van der Waals surface area contributed by atoms with E-state index in [9.17, 15) is 29.3 Å². The van der Waals surface area contributed by atoms with Crippen LogP contribution in [0.4, 0.5) is 17.1 Å². The van der Waals surface area contributed by atoms with E-state index in [1.165, 1.54) is 24.3 Å². The Bertz CT molecular complexity index is 1800. The molecule has 0 unspecified atom stereocenters. The first kappa shape index (κ1) is 28.2. The van der Waals surface area contributed by atoms with Gasteiger partial charge >= 0.3 is 4.87 Å². The van der Waals surface area contributed by atoms with Crippen LogP contribution in [0.2, 0.25) is 0 Å². The van der Waals surface area contributed by atoms with Crippen LogP contribution in [-0.4, -0.2) is 46.6 Å². The number of hydrogen-bond acceptors (Lipinski definition) is 10. The van der Waals surface area contributed by atoms with Crippen molar-refractivity contribution in [1.29, 1.82) is 0 Å². The largest absolute Gasteiger partial charge is 0.497 e. The summed E-state index contributed by atoms with van der Waals surface area (Å²) in [5.41, 5.74) is 1.14. The van der Waals surface area contributed by atoms with Crippen LogP contribution < -0.4 is 24.6 Å². The number of carbonyl (C=O) groups excluding carboxylic acids is 3. The summed E-state index contributed by atoms with van der Waals surface area (Å²) in [5.74, 6) is -2.07. The van der Waals surface area contributed by atoms with Gasteiger partial charge in [0.2, 0.25) is 11.8 Å². The number of carbonyl (C=O) groups is 3. The van der Waals surface area contributed by atoms with Crippen molar-refractivity contribution in [2.24, 2.45) is 5.92 Å².